The van der Waals surface area contributed by atoms with Crippen LogP contribution in [0, 0.1) is 6.92 Å². The van der Waals surface area contributed by atoms with Crippen molar-refractivity contribution in [1.29, 1.82) is 0 Å². The minimum Gasteiger partial charge on any atom is -0.270 e. The summed E-state index contributed by atoms with van der Waals surface area (Å²) in [6, 6.07) is 0. The van der Waals surface area contributed by atoms with Gasteiger partial charge in [-0.3, -0.25) is 5.10 Å². The lowest BCUT2D eigenvalue weighted by molar-refractivity contribution is 0.318. The summed E-state index contributed by atoms with van der Waals surface area (Å²) >= 11 is 4.77. The Balaban J connectivity index is 1.73. The predicted octanol–water partition coefficient (Wildman–Crippen LogP) is 1.90. The van der Waals surface area contributed by atoms with Gasteiger partial charge in [-0.2, -0.15) is 9.40 Å². The van der Waals surface area contributed by atoms with Crippen LogP contribution in [0.5, 0.6) is 0 Å². The Kier molecular flexibility index (Phi) is 4.12. The first-order valence-corrected chi connectivity index (χ1v) is 9.52. The number of nitrogens with one attached hydrogen (secondary N) is 1. The van der Waals surface area contributed by atoms with Crippen LogP contribution in [0.4, 0.5) is 0 Å². The van der Waals surface area contributed by atoms with Gasteiger partial charge in [-0.1, -0.05) is 0 Å². The van der Waals surface area contributed by atoms with E-state index in [0.717, 1.165) is 22.9 Å². The van der Waals surface area contributed by atoms with Crippen molar-refractivity contribution in [2.24, 2.45) is 0 Å². The van der Waals surface area contributed by atoms with Crippen LogP contribution in [0.3, 0.4) is 0 Å². The van der Waals surface area contributed by atoms with Crippen molar-refractivity contribution in [3.05, 3.63) is 20.8 Å². The van der Waals surface area contributed by atoms with Crippen molar-refractivity contribution < 1.29 is 8.42 Å². The van der Waals surface area contributed by atoms with Crippen LogP contribution in [0.25, 0.3) is 0 Å². The zero-order valence-corrected chi connectivity index (χ0v) is 14.5. The van der Waals surface area contributed by atoms with Crippen molar-refractivity contribution in [2.45, 2.75) is 30.6 Å². The SMILES string of the molecule is Cc1nnc(C2CCN(S(=O)(=O)c3cn[nH]c3Br)CC2)s1. The maximum Gasteiger partial charge on any atom is 0.247 e. The molecule has 1 aliphatic rings. The maximum absolute atomic E-state index is 12.5. The van der Waals surface area contributed by atoms with E-state index in [1.165, 1.54) is 10.5 Å². The number of aromatic amines is 1. The summed E-state index contributed by atoms with van der Waals surface area (Å²) in [4.78, 5) is 0.188. The highest BCUT2D eigenvalue weighted by Gasteiger charge is 2.32. The molecule has 0 spiro atoms. The molecule has 1 aliphatic heterocycles. The Morgan fingerprint density at radius 3 is 2.62 bits per heavy atom. The molecule has 2 aromatic heterocycles. The van der Waals surface area contributed by atoms with Gasteiger partial charge in [0.05, 0.1) is 6.20 Å². The zero-order valence-electron chi connectivity index (χ0n) is 11.3. The number of hydrogen-bond donors (Lipinski definition) is 1. The highest BCUT2D eigenvalue weighted by Crippen LogP contribution is 2.33. The second-order valence-corrected chi connectivity index (χ2v) is 8.80. The molecule has 2 aromatic rings. The lowest BCUT2D eigenvalue weighted by Gasteiger charge is -2.29. The molecule has 0 unspecified atom stereocenters. The molecule has 0 atom stereocenters. The van der Waals surface area contributed by atoms with Gasteiger partial charge >= 0.3 is 0 Å². The number of rotatable bonds is 3. The molecule has 0 amide bonds. The number of H-pyrrole nitrogens is 1. The van der Waals surface area contributed by atoms with Crippen LogP contribution in [0.15, 0.2) is 15.7 Å². The molecule has 0 radical (unpaired) electrons. The van der Waals surface area contributed by atoms with Crippen molar-refractivity contribution in [3.8, 4) is 0 Å². The minimum absolute atomic E-state index is 0.188. The molecule has 10 heteroatoms. The third-order valence-corrected chi connectivity index (χ3v) is 7.30. The van der Waals surface area contributed by atoms with Crippen molar-refractivity contribution in [3.63, 3.8) is 0 Å². The van der Waals surface area contributed by atoms with Gasteiger partial charge in [0.2, 0.25) is 10.0 Å². The maximum atomic E-state index is 12.5. The topological polar surface area (TPSA) is 91.8 Å². The third-order valence-electron chi connectivity index (χ3n) is 3.52. The summed E-state index contributed by atoms with van der Waals surface area (Å²) in [6.45, 7) is 2.91. The van der Waals surface area contributed by atoms with E-state index in [4.69, 9.17) is 0 Å². The number of piperidine rings is 1. The summed E-state index contributed by atoms with van der Waals surface area (Å²) in [6.07, 6.45) is 2.87. The average molecular weight is 392 g/mol. The van der Waals surface area contributed by atoms with Gasteiger partial charge < -0.3 is 0 Å². The zero-order chi connectivity index (χ0) is 15.0. The molecule has 1 fully saturated rings. The van der Waals surface area contributed by atoms with E-state index in [1.807, 2.05) is 6.92 Å². The molecule has 7 nitrogen and oxygen atoms in total. The standard InChI is InChI=1S/C11H14BrN5O2S2/c1-7-14-16-11(20-7)8-2-4-17(5-3-8)21(18,19)9-6-13-15-10(9)12/h6,8H,2-5H2,1H3,(H,13,15). The smallest absolute Gasteiger partial charge is 0.247 e. The van der Waals surface area contributed by atoms with Gasteiger partial charge in [-0.05, 0) is 35.7 Å². The first-order valence-electron chi connectivity index (χ1n) is 6.47. The minimum atomic E-state index is -3.49. The Morgan fingerprint density at radius 2 is 2.10 bits per heavy atom. The van der Waals surface area contributed by atoms with Crippen molar-refractivity contribution in [1.82, 2.24) is 24.7 Å². The van der Waals surface area contributed by atoms with E-state index in [2.05, 4.69) is 36.3 Å². The van der Waals surface area contributed by atoms with Gasteiger partial charge in [0.1, 0.15) is 19.5 Å². The lowest BCUT2D eigenvalue weighted by atomic mass is 9.99. The van der Waals surface area contributed by atoms with E-state index >= 15 is 0 Å². The summed E-state index contributed by atoms with van der Waals surface area (Å²) in [5.74, 6) is 0.301. The van der Waals surface area contributed by atoms with Gasteiger partial charge in [-0.15, -0.1) is 21.5 Å². The average Bonchev–Trinajstić information content (AvgIpc) is 3.08. The molecule has 0 saturated carbocycles. The summed E-state index contributed by atoms with van der Waals surface area (Å²) in [7, 11) is -3.49. The Hall–Kier alpha value is -0.840. The Bertz CT molecular complexity index is 733. The predicted molar refractivity (Wildman–Crippen MR) is 81.7 cm³/mol. The molecule has 1 saturated heterocycles. The first-order chi connectivity index (χ1) is 9.98. The molecule has 3 rings (SSSR count). The van der Waals surface area contributed by atoms with E-state index in [9.17, 15) is 8.42 Å². The molecule has 1 N–H and O–H groups in total. The number of sulfonamides is 1. The highest BCUT2D eigenvalue weighted by atomic mass is 79.9. The lowest BCUT2D eigenvalue weighted by Crippen LogP contribution is -2.37. The molecular weight excluding hydrogens is 378 g/mol. The van der Waals surface area contributed by atoms with Gasteiger partial charge in [0.25, 0.3) is 0 Å². The monoisotopic (exact) mass is 391 g/mol. The first kappa shape index (κ1) is 15.1. The number of aryl methyl sites for hydroxylation is 1. The van der Waals surface area contributed by atoms with Crippen molar-refractivity contribution in [2.75, 3.05) is 13.1 Å². The second-order valence-electron chi connectivity index (χ2n) is 4.89. The van der Waals surface area contributed by atoms with Gasteiger partial charge in [0, 0.05) is 19.0 Å². The highest BCUT2D eigenvalue weighted by molar-refractivity contribution is 9.10. The van der Waals surface area contributed by atoms with Crippen LogP contribution >= 0.6 is 27.3 Å². The molecule has 3 heterocycles. The van der Waals surface area contributed by atoms with E-state index < -0.39 is 10.0 Å². The molecule has 21 heavy (non-hydrogen) atoms. The van der Waals surface area contributed by atoms with E-state index in [0.29, 0.717) is 23.6 Å². The van der Waals surface area contributed by atoms with Crippen molar-refractivity contribution >= 4 is 37.3 Å². The van der Waals surface area contributed by atoms with Crippen LogP contribution < -0.4 is 0 Å². The number of nitrogens with zero attached hydrogens (tertiary/aromatic N) is 4. The third kappa shape index (κ3) is 2.89. The van der Waals surface area contributed by atoms with Gasteiger partial charge in [0.15, 0.2) is 0 Å². The summed E-state index contributed by atoms with van der Waals surface area (Å²) in [5.41, 5.74) is 0. The van der Waals surface area contributed by atoms with E-state index in [1.54, 1.807) is 11.3 Å². The largest absolute Gasteiger partial charge is 0.270 e. The second kappa shape index (κ2) is 5.75. The summed E-state index contributed by atoms with van der Waals surface area (Å²) in [5, 5.41) is 16.5. The molecule has 0 aliphatic carbocycles. The van der Waals surface area contributed by atoms with Crippen LogP contribution in [-0.4, -0.2) is 46.2 Å². The van der Waals surface area contributed by atoms with Crippen LogP contribution in [-0.2, 0) is 10.0 Å². The normalized spacial score (nSPS) is 18.2. The fourth-order valence-corrected chi connectivity index (χ4v) is 5.51. The molecule has 114 valence electrons. The fraction of sp³-hybridized carbons (Fsp3) is 0.545. The Labute approximate surface area is 135 Å². The van der Waals surface area contributed by atoms with E-state index in [-0.39, 0.29) is 4.90 Å². The number of aromatic nitrogens is 4. The van der Waals surface area contributed by atoms with Crippen LogP contribution in [0.1, 0.15) is 28.8 Å². The summed E-state index contributed by atoms with van der Waals surface area (Å²) < 4.78 is 27.0. The Morgan fingerprint density at radius 1 is 1.38 bits per heavy atom. The van der Waals surface area contributed by atoms with Crippen LogP contribution in [0.2, 0.25) is 0 Å². The molecule has 0 aromatic carbocycles. The fourth-order valence-electron chi connectivity index (χ4n) is 2.40. The molecule has 0 bridgehead atoms. The molecular formula is C11H14BrN5O2S2. The number of halogens is 1. The number of hydrogen-bond acceptors (Lipinski definition) is 6. The quantitative estimate of drug-likeness (QED) is 0.862. The van der Waals surface area contributed by atoms with Gasteiger partial charge in [-0.25, -0.2) is 8.42 Å².